The standard InChI is InChI=1S/C10H7BrClN3O/c11-9-2-7-6(3-14-9)1-10(12)15-8(7)4-13-5-16/h1-3,5H,4H2,(H,13,16). The van der Waals surface area contributed by atoms with Gasteiger partial charge >= 0.3 is 0 Å². The smallest absolute Gasteiger partial charge is 0.207 e. The monoisotopic (exact) mass is 299 g/mol. The van der Waals surface area contributed by atoms with Crippen molar-refractivity contribution in [3.8, 4) is 0 Å². The van der Waals surface area contributed by atoms with Crippen molar-refractivity contribution in [3.05, 3.63) is 33.8 Å². The quantitative estimate of drug-likeness (QED) is 0.699. The summed E-state index contributed by atoms with van der Waals surface area (Å²) in [6.07, 6.45) is 2.34. The van der Waals surface area contributed by atoms with Crippen molar-refractivity contribution in [1.29, 1.82) is 0 Å². The van der Waals surface area contributed by atoms with Crippen LogP contribution in [0.3, 0.4) is 0 Å². The van der Waals surface area contributed by atoms with Crippen LogP contribution in [0.15, 0.2) is 22.9 Å². The Kier molecular flexibility index (Phi) is 3.36. The van der Waals surface area contributed by atoms with Crippen molar-refractivity contribution >= 4 is 44.7 Å². The molecule has 4 nitrogen and oxygen atoms in total. The number of halogens is 2. The van der Waals surface area contributed by atoms with E-state index in [1.54, 1.807) is 12.3 Å². The van der Waals surface area contributed by atoms with Crippen LogP contribution in [0.4, 0.5) is 0 Å². The highest BCUT2D eigenvalue weighted by Gasteiger charge is 2.06. The predicted octanol–water partition coefficient (Wildman–Crippen LogP) is 2.29. The molecule has 0 fully saturated rings. The van der Waals surface area contributed by atoms with E-state index in [1.165, 1.54) is 0 Å². The second-order valence-corrected chi connectivity index (χ2v) is 4.32. The van der Waals surface area contributed by atoms with Gasteiger partial charge in [0.2, 0.25) is 6.41 Å². The molecule has 82 valence electrons. The van der Waals surface area contributed by atoms with Crippen molar-refractivity contribution in [2.45, 2.75) is 6.54 Å². The fourth-order valence-corrected chi connectivity index (χ4v) is 1.98. The van der Waals surface area contributed by atoms with Gasteiger partial charge < -0.3 is 5.32 Å². The minimum Gasteiger partial charge on any atom is -0.353 e. The molecule has 0 saturated heterocycles. The third-order valence-electron chi connectivity index (χ3n) is 2.08. The lowest BCUT2D eigenvalue weighted by Gasteiger charge is -2.06. The van der Waals surface area contributed by atoms with Crippen LogP contribution in [0.5, 0.6) is 0 Å². The summed E-state index contributed by atoms with van der Waals surface area (Å²) in [4.78, 5) is 18.6. The molecule has 0 spiro atoms. The molecule has 0 aromatic carbocycles. The van der Waals surface area contributed by atoms with Gasteiger partial charge in [0.25, 0.3) is 0 Å². The first-order valence-electron chi connectivity index (χ1n) is 4.48. The fraction of sp³-hybridized carbons (Fsp3) is 0.100. The summed E-state index contributed by atoms with van der Waals surface area (Å²) in [5.41, 5.74) is 0.720. The zero-order valence-electron chi connectivity index (χ0n) is 8.08. The predicted molar refractivity (Wildman–Crippen MR) is 65.2 cm³/mol. The number of aromatic nitrogens is 2. The molecule has 2 heterocycles. The molecule has 2 rings (SSSR count). The van der Waals surface area contributed by atoms with E-state index in [2.05, 4.69) is 31.2 Å². The molecule has 2 aromatic rings. The first-order valence-corrected chi connectivity index (χ1v) is 5.65. The fourth-order valence-electron chi connectivity index (χ4n) is 1.43. The highest BCUT2D eigenvalue weighted by Crippen LogP contribution is 2.22. The third kappa shape index (κ3) is 2.31. The number of carbonyl (C=O) groups excluding carboxylic acids is 1. The number of carbonyl (C=O) groups is 1. The Hall–Kier alpha value is -1.20. The van der Waals surface area contributed by atoms with Gasteiger partial charge in [-0.2, -0.15) is 0 Å². The van der Waals surface area contributed by atoms with Gasteiger partial charge in [-0.25, -0.2) is 9.97 Å². The van der Waals surface area contributed by atoms with Gasteiger partial charge in [-0.1, -0.05) is 11.6 Å². The molecule has 1 amide bonds. The highest BCUT2D eigenvalue weighted by molar-refractivity contribution is 9.10. The van der Waals surface area contributed by atoms with Gasteiger partial charge in [0.15, 0.2) is 0 Å². The van der Waals surface area contributed by atoms with Gasteiger partial charge in [-0.15, -0.1) is 0 Å². The lowest BCUT2D eigenvalue weighted by atomic mass is 10.1. The summed E-state index contributed by atoms with van der Waals surface area (Å²) in [6.45, 7) is 0.344. The molecule has 0 unspecified atom stereocenters. The molecule has 2 aromatic heterocycles. The van der Waals surface area contributed by atoms with E-state index in [4.69, 9.17) is 11.6 Å². The number of pyridine rings is 2. The van der Waals surface area contributed by atoms with Crippen LogP contribution < -0.4 is 5.32 Å². The van der Waals surface area contributed by atoms with Crippen LogP contribution in [-0.4, -0.2) is 16.4 Å². The van der Waals surface area contributed by atoms with Gasteiger partial charge in [0.05, 0.1) is 12.2 Å². The van der Waals surface area contributed by atoms with E-state index in [-0.39, 0.29) is 0 Å². The van der Waals surface area contributed by atoms with E-state index >= 15 is 0 Å². The lowest BCUT2D eigenvalue weighted by Crippen LogP contribution is -2.11. The van der Waals surface area contributed by atoms with Crippen LogP contribution in [0, 0.1) is 0 Å². The maximum Gasteiger partial charge on any atom is 0.207 e. The third-order valence-corrected chi connectivity index (χ3v) is 2.71. The Labute approximate surface area is 105 Å². The second-order valence-electron chi connectivity index (χ2n) is 3.12. The number of nitrogens with one attached hydrogen (secondary N) is 1. The molecule has 0 saturated carbocycles. The van der Waals surface area contributed by atoms with Gasteiger partial charge in [-0.05, 0) is 28.1 Å². The summed E-state index contributed by atoms with van der Waals surface area (Å²) >= 11 is 9.17. The zero-order valence-corrected chi connectivity index (χ0v) is 10.4. The van der Waals surface area contributed by atoms with Crippen molar-refractivity contribution in [2.75, 3.05) is 0 Å². The van der Waals surface area contributed by atoms with Crippen LogP contribution >= 0.6 is 27.5 Å². The second kappa shape index (κ2) is 4.76. The highest BCUT2D eigenvalue weighted by atomic mass is 79.9. The molecule has 0 radical (unpaired) electrons. The SMILES string of the molecule is O=CNCc1nc(Cl)cc2cnc(Br)cc12. The summed E-state index contributed by atoms with van der Waals surface area (Å²) in [5, 5.41) is 4.77. The number of amides is 1. The Bertz CT molecular complexity index is 547. The maximum atomic E-state index is 10.3. The Balaban J connectivity index is 2.59. The molecule has 0 aliphatic rings. The van der Waals surface area contributed by atoms with E-state index in [9.17, 15) is 4.79 Å². The average molecular weight is 301 g/mol. The van der Waals surface area contributed by atoms with Crippen molar-refractivity contribution < 1.29 is 4.79 Å². The minimum atomic E-state index is 0.344. The number of hydrogen-bond acceptors (Lipinski definition) is 3. The Morgan fingerprint density at radius 2 is 2.31 bits per heavy atom. The molecule has 1 N–H and O–H groups in total. The number of nitrogens with zero attached hydrogens (tertiary/aromatic N) is 2. The Morgan fingerprint density at radius 1 is 1.50 bits per heavy atom. The van der Waals surface area contributed by atoms with E-state index < -0.39 is 0 Å². The molecule has 16 heavy (non-hydrogen) atoms. The van der Waals surface area contributed by atoms with Crippen LogP contribution in [-0.2, 0) is 11.3 Å². The maximum absolute atomic E-state index is 10.3. The van der Waals surface area contributed by atoms with E-state index in [0.29, 0.717) is 18.1 Å². The first-order chi connectivity index (χ1) is 7.70. The molecule has 0 bridgehead atoms. The summed E-state index contributed by atoms with van der Waals surface area (Å²) < 4.78 is 0.719. The van der Waals surface area contributed by atoms with Crippen molar-refractivity contribution in [2.24, 2.45) is 0 Å². The number of fused-ring (bicyclic) bond motifs is 1. The normalized spacial score (nSPS) is 10.4. The van der Waals surface area contributed by atoms with Crippen molar-refractivity contribution in [3.63, 3.8) is 0 Å². The molecular weight excluding hydrogens is 293 g/mol. The number of rotatable bonds is 3. The van der Waals surface area contributed by atoms with Crippen LogP contribution in [0.2, 0.25) is 5.15 Å². The van der Waals surface area contributed by atoms with E-state index in [1.807, 2.05) is 6.07 Å². The molecule has 0 aliphatic carbocycles. The van der Waals surface area contributed by atoms with Crippen LogP contribution in [0.25, 0.3) is 10.8 Å². The van der Waals surface area contributed by atoms with Gasteiger partial charge in [0.1, 0.15) is 9.76 Å². The van der Waals surface area contributed by atoms with Gasteiger partial charge in [-0.3, -0.25) is 4.79 Å². The topological polar surface area (TPSA) is 54.9 Å². The first kappa shape index (κ1) is 11.3. The molecule has 0 aliphatic heterocycles. The zero-order chi connectivity index (χ0) is 11.5. The average Bonchev–Trinajstić information content (AvgIpc) is 2.26. The van der Waals surface area contributed by atoms with Crippen LogP contribution in [0.1, 0.15) is 5.69 Å². The molecular formula is C10H7BrClN3O. The molecule has 6 heteroatoms. The van der Waals surface area contributed by atoms with E-state index in [0.717, 1.165) is 21.1 Å². The lowest BCUT2D eigenvalue weighted by molar-refractivity contribution is -0.109. The summed E-state index contributed by atoms with van der Waals surface area (Å²) in [6, 6.07) is 3.58. The van der Waals surface area contributed by atoms with Crippen molar-refractivity contribution in [1.82, 2.24) is 15.3 Å². The number of hydrogen-bond donors (Lipinski definition) is 1. The largest absolute Gasteiger partial charge is 0.353 e. The summed E-state index contributed by atoms with van der Waals surface area (Å²) in [7, 11) is 0. The molecule has 0 atom stereocenters. The van der Waals surface area contributed by atoms with Gasteiger partial charge in [0, 0.05) is 17.0 Å². The minimum absolute atomic E-state index is 0.344. The summed E-state index contributed by atoms with van der Waals surface area (Å²) in [5.74, 6) is 0. The Morgan fingerprint density at radius 3 is 3.06 bits per heavy atom.